The highest BCUT2D eigenvalue weighted by Crippen LogP contribution is 2.45. The normalized spacial score (nSPS) is 16.9. The van der Waals surface area contributed by atoms with Gasteiger partial charge in [-0.3, -0.25) is 14.7 Å². The Morgan fingerprint density at radius 2 is 1.89 bits per heavy atom. The third kappa shape index (κ3) is 4.54. The number of hydrogen-bond donors (Lipinski definition) is 1. The molecule has 1 saturated heterocycles. The van der Waals surface area contributed by atoms with Gasteiger partial charge in [-0.05, 0) is 67.1 Å². The number of aryl methyl sites for hydroxylation is 1. The molecule has 36 heavy (non-hydrogen) atoms. The lowest BCUT2D eigenvalue weighted by molar-refractivity contribution is 0.0996. The maximum absolute atomic E-state index is 13.0. The molecule has 0 unspecified atom stereocenters. The van der Waals surface area contributed by atoms with Crippen LogP contribution in [-0.4, -0.2) is 47.0 Å². The van der Waals surface area contributed by atoms with Crippen molar-refractivity contribution in [3.63, 3.8) is 0 Å². The number of nitrogens with zero attached hydrogens (tertiary/aromatic N) is 4. The van der Waals surface area contributed by atoms with Crippen LogP contribution < -0.4 is 10.2 Å². The van der Waals surface area contributed by atoms with Crippen LogP contribution in [0.15, 0.2) is 71.7 Å². The zero-order valence-electron chi connectivity index (χ0n) is 20.1. The SMILES string of the molecule is O=C(Nc1sc2c(c1[C@@H](c1cccnc1)N1CCN(c3ccccn3)CC1)CCCC2)c1ccco1. The van der Waals surface area contributed by atoms with E-state index in [-0.39, 0.29) is 11.9 Å². The number of fused-ring (bicyclic) bond motifs is 1. The zero-order chi connectivity index (χ0) is 24.3. The summed E-state index contributed by atoms with van der Waals surface area (Å²) < 4.78 is 5.39. The average molecular weight is 500 g/mol. The number of carbonyl (C=O) groups excluding carboxylic acids is 1. The van der Waals surface area contributed by atoms with E-state index >= 15 is 0 Å². The van der Waals surface area contributed by atoms with Gasteiger partial charge in [0.25, 0.3) is 5.91 Å². The first-order valence-electron chi connectivity index (χ1n) is 12.6. The molecule has 1 aliphatic heterocycles. The monoisotopic (exact) mass is 499 g/mol. The minimum atomic E-state index is -0.204. The van der Waals surface area contributed by atoms with Crippen LogP contribution in [0.5, 0.6) is 0 Å². The van der Waals surface area contributed by atoms with Crippen molar-refractivity contribution in [3.05, 3.63) is 94.6 Å². The van der Waals surface area contributed by atoms with Crippen molar-refractivity contribution in [1.29, 1.82) is 0 Å². The molecule has 0 saturated carbocycles. The molecule has 8 heteroatoms. The molecule has 0 bridgehead atoms. The summed E-state index contributed by atoms with van der Waals surface area (Å²) in [6.07, 6.45) is 11.7. The predicted octanol–water partition coefficient (Wildman–Crippen LogP) is 5.17. The smallest absolute Gasteiger partial charge is 0.291 e. The van der Waals surface area contributed by atoms with E-state index in [0.717, 1.165) is 55.4 Å². The van der Waals surface area contributed by atoms with Crippen molar-refractivity contribution < 1.29 is 9.21 Å². The van der Waals surface area contributed by atoms with Crippen molar-refractivity contribution in [2.24, 2.45) is 0 Å². The Balaban J connectivity index is 1.36. The van der Waals surface area contributed by atoms with Gasteiger partial charge < -0.3 is 14.6 Å². The van der Waals surface area contributed by atoms with Gasteiger partial charge in [0.2, 0.25) is 0 Å². The summed E-state index contributed by atoms with van der Waals surface area (Å²) >= 11 is 1.73. The van der Waals surface area contributed by atoms with Gasteiger partial charge in [-0.15, -0.1) is 11.3 Å². The van der Waals surface area contributed by atoms with E-state index in [2.05, 4.69) is 37.2 Å². The van der Waals surface area contributed by atoms with E-state index < -0.39 is 0 Å². The van der Waals surface area contributed by atoms with Gasteiger partial charge in [0.1, 0.15) is 10.8 Å². The molecule has 0 spiro atoms. The molecule has 6 rings (SSSR count). The van der Waals surface area contributed by atoms with Crippen LogP contribution in [0.25, 0.3) is 0 Å². The van der Waals surface area contributed by atoms with Crippen LogP contribution in [0.4, 0.5) is 10.8 Å². The number of aromatic nitrogens is 2. The zero-order valence-corrected chi connectivity index (χ0v) is 20.9. The number of hydrogen-bond acceptors (Lipinski definition) is 7. The molecule has 7 nitrogen and oxygen atoms in total. The average Bonchev–Trinajstić information content (AvgIpc) is 3.60. The number of thiophene rings is 1. The molecule has 1 N–H and O–H groups in total. The number of nitrogens with one attached hydrogen (secondary N) is 1. The lowest BCUT2D eigenvalue weighted by Gasteiger charge is -2.40. The van der Waals surface area contributed by atoms with Crippen LogP contribution >= 0.6 is 11.3 Å². The molecule has 1 atom stereocenters. The maximum atomic E-state index is 13.0. The van der Waals surface area contributed by atoms with Crippen LogP contribution in [0.2, 0.25) is 0 Å². The van der Waals surface area contributed by atoms with E-state index in [1.54, 1.807) is 23.5 Å². The van der Waals surface area contributed by atoms with Gasteiger partial charge >= 0.3 is 0 Å². The highest BCUT2D eigenvalue weighted by molar-refractivity contribution is 7.16. The van der Waals surface area contributed by atoms with Crippen molar-refractivity contribution in [2.75, 3.05) is 36.4 Å². The highest BCUT2D eigenvalue weighted by atomic mass is 32.1. The van der Waals surface area contributed by atoms with Crippen LogP contribution in [0, 0.1) is 0 Å². The van der Waals surface area contributed by atoms with E-state index in [1.807, 2.05) is 36.8 Å². The minimum Gasteiger partial charge on any atom is -0.459 e. The standard InChI is InChI=1S/C28H29N5O2S/c34-27(22-9-6-18-35-22)31-28-25(21-8-1-2-10-23(21)36-28)26(20-7-5-12-29-19-20)33-16-14-32(15-17-33)24-11-3-4-13-30-24/h3-7,9,11-13,18-19,26H,1-2,8,10,14-17H2,(H,31,34)/t26-/m1/s1. The highest BCUT2D eigenvalue weighted by Gasteiger charge is 2.34. The summed E-state index contributed by atoms with van der Waals surface area (Å²) in [5.41, 5.74) is 3.79. The van der Waals surface area contributed by atoms with E-state index in [4.69, 9.17) is 4.42 Å². The van der Waals surface area contributed by atoms with Crippen LogP contribution in [0.1, 0.15) is 51.0 Å². The fourth-order valence-corrected chi connectivity index (χ4v) is 6.71. The fourth-order valence-electron chi connectivity index (χ4n) is 5.39. The largest absolute Gasteiger partial charge is 0.459 e. The third-order valence-corrected chi connectivity index (χ3v) is 8.33. The summed E-state index contributed by atoms with van der Waals surface area (Å²) in [6, 6.07) is 13.7. The van der Waals surface area contributed by atoms with Crippen LogP contribution in [0.3, 0.4) is 0 Å². The Bertz CT molecular complexity index is 1300. The lowest BCUT2D eigenvalue weighted by atomic mass is 9.89. The molecular weight excluding hydrogens is 470 g/mol. The number of anilines is 2. The second-order valence-electron chi connectivity index (χ2n) is 9.28. The maximum Gasteiger partial charge on any atom is 0.291 e. The van der Waals surface area contributed by atoms with Crippen molar-refractivity contribution in [2.45, 2.75) is 31.7 Å². The molecule has 4 aromatic heterocycles. The number of rotatable bonds is 6. The van der Waals surface area contributed by atoms with Crippen molar-refractivity contribution >= 4 is 28.1 Å². The molecule has 2 aliphatic rings. The number of pyridine rings is 2. The topological polar surface area (TPSA) is 74.5 Å². The Morgan fingerprint density at radius 3 is 2.64 bits per heavy atom. The Kier molecular flexibility index (Phi) is 6.53. The molecule has 4 aromatic rings. The Labute approximate surface area is 214 Å². The number of amides is 1. The second-order valence-corrected chi connectivity index (χ2v) is 10.4. The summed E-state index contributed by atoms with van der Waals surface area (Å²) in [5.74, 6) is 1.15. The first kappa shape index (κ1) is 22.9. The molecule has 1 amide bonds. The first-order valence-corrected chi connectivity index (χ1v) is 13.4. The summed E-state index contributed by atoms with van der Waals surface area (Å²) in [6.45, 7) is 3.58. The van der Waals surface area contributed by atoms with Crippen LogP contribution in [-0.2, 0) is 12.8 Å². The molecule has 0 aromatic carbocycles. The quantitative estimate of drug-likeness (QED) is 0.394. The van der Waals surface area contributed by atoms with Gasteiger partial charge in [0.05, 0.1) is 12.3 Å². The Morgan fingerprint density at radius 1 is 1.00 bits per heavy atom. The molecule has 184 valence electrons. The first-order chi connectivity index (χ1) is 17.8. The Hall–Kier alpha value is -3.49. The van der Waals surface area contributed by atoms with E-state index in [1.165, 1.54) is 35.1 Å². The molecule has 5 heterocycles. The van der Waals surface area contributed by atoms with Gasteiger partial charge in [0.15, 0.2) is 5.76 Å². The lowest BCUT2D eigenvalue weighted by Crippen LogP contribution is -2.48. The fraction of sp³-hybridized carbons (Fsp3) is 0.321. The molecule has 1 aliphatic carbocycles. The second kappa shape index (κ2) is 10.2. The third-order valence-electron chi connectivity index (χ3n) is 7.11. The number of piperazine rings is 1. The van der Waals surface area contributed by atoms with E-state index in [0.29, 0.717) is 5.76 Å². The van der Waals surface area contributed by atoms with E-state index in [9.17, 15) is 4.79 Å². The summed E-state index contributed by atoms with van der Waals surface area (Å²) in [4.78, 5) is 28.3. The van der Waals surface area contributed by atoms with Gasteiger partial charge in [-0.1, -0.05) is 12.1 Å². The van der Waals surface area contributed by atoms with Gasteiger partial charge in [-0.2, -0.15) is 0 Å². The predicted molar refractivity (Wildman–Crippen MR) is 142 cm³/mol. The number of furan rings is 1. The summed E-state index contributed by atoms with van der Waals surface area (Å²) in [7, 11) is 0. The molecule has 0 radical (unpaired) electrons. The molecular formula is C28H29N5O2S. The molecule has 1 fully saturated rings. The van der Waals surface area contributed by atoms with Crippen molar-refractivity contribution in [1.82, 2.24) is 14.9 Å². The van der Waals surface area contributed by atoms with Gasteiger partial charge in [0, 0.05) is 55.2 Å². The summed E-state index contributed by atoms with van der Waals surface area (Å²) in [5, 5.41) is 4.15. The van der Waals surface area contributed by atoms with Crippen molar-refractivity contribution in [3.8, 4) is 0 Å². The number of carbonyl (C=O) groups is 1. The van der Waals surface area contributed by atoms with Gasteiger partial charge in [-0.25, -0.2) is 4.98 Å². The minimum absolute atomic E-state index is 0.0228.